The van der Waals surface area contributed by atoms with Gasteiger partial charge in [0.1, 0.15) is 19.3 Å². The van der Waals surface area contributed by atoms with Crippen molar-refractivity contribution in [2.45, 2.75) is 341 Å². The number of rotatable bonds is 73. The molecule has 3 N–H and O–H groups in total. The standard InChI is InChI=1S/C81H140O17P2/c1-5-9-13-17-21-25-29-33-36-37-40-43-46-50-54-58-62-66-79(84)92-72-77(98-81(86)68-64-60-56-52-48-44-39-35-31-27-23-19-15-11-7-3)74-96-100(89,90)94-70-75(82)69-93-99(87,88)95-73-76(97-80(85)67-63-59-55-51-47-41-32-28-24-20-16-12-8-4)71-91-78(83)65-61-57-53-49-45-42-38-34-30-26-22-18-14-10-6-2/h9,11,13,15,21,23,25,27-28,32-36,38-40,43,75-77,82H,5-8,10,12,14,16-20,22,24,26,29-31,37,41-42,44-74H2,1-4H3,(H,87,88)(H,89,90)/b13-9-,15-11-,25-21-,27-23-,32-28-,36-33-,38-34-,39-35-,43-40-. The van der Waals surface area contributed by atoms with Crippen molar-refractivity contribution in [3.63, 3.8) is 0 Å². The highest BCUT2D eigenvalue weighted by molar-refractivity contribution is 7.47. The number of hydrogen-bond donors (Lipinski definition) is 3. The largest absolute Gasteiger partial charge is 0.472 e. The van der Waals surface area contributed by atoms with Crippen LogP contribution in [0, 0.1) is 0 Å². The van der Waals surface area contributed by atoms with E-state index in [0.29, 0.717) is 25.7 Å². The molecule has 5 atom stereocenters. The molecule has 0 aromatic heterocycles. The molecule has 0 aliphatic rings. The summed E-state index contributed by atoms with van der Waals surface area (Å²) in [5.74, 6) is -2.23. The SMILES string of the molecule is CC/C=C\C/C=C\C/C=C\C/C=C\CCCCCCC(=O)OCC(COP(=O)(O)OCC(O)COP(=O)(O)OCC(COC(=O)CCCCCCC/C=C\CCCCCCCC)OC(=O)CCCCCCC/C=C\CCCCCC)OC(=O)CCCCCCC/C=C\C/C=C\C/C=C\CC. The van der Waals surface area contributed by atoms with Crippen LogP contribution in [0.3, 0.4) is 0 Å². The Bertz CT molecular complexity index is 2320. The molecular formula is C81H140O17P2. The molecule has 0 saturated carbocycles. The molecule has 0 aromatic rings. The Morgan fingerprint density at radius 1 is 0.290 bits per heavy atom. The summed E-state index contributed by atoms with van der Waals surface area (Å²) in [5.41, 5.74) is 0. The molecule has 19 heteroatoms. The van der Waals surface area contributed by atoms with Crippen LogP contribution in [0.2, 0.25) is 0 Å². The molecule has 100 heavy (non-hydrogen) atoms. The number of aliphatic hydroxyl groups excluding tert-OH is 1. The van der Waals surface area contributed by atoms with Crippen LogP contribution in [-0.2, 0) is 65.4 Å². The Morgan fingerprint density at radius 2 is 0.520 bits per heavy atom. The second-order valence-electron chi connectivity index (χ2n) is 25.9. The molecular weight excluding hydrogens is 1310 g/mol. The fourth-order valence-electron chi connectivity index (χ4n) is 10.3. The molecule has 0 rings (SSSR count). The molecule has 0 amide bonds. The summed E-state index contributed by atoms with van der Waals surface area (Å²) in [6.07, 6.45) is 77.8. The highest BCUT2D eigenvalue weighted by Crippen LogP contribution is 2.45. The van der Waals surface area contributed by atoms with Gasteiger partial charge in [-0.3, -0.25) is 37.3 Å². The van der Waals surface area contributed by atoms with E-state index >= 15 is 0 Å². The second kappa shape index (κ2) is 73.0. The van der Waals surface area contributed by atoms with Crippen molar-refractivity contribution in [2.75, 3.05) is 39.6 Å². The third kappa shape index (κ3) is 72.1. The predicted molar refractivity (Wildman–Crippen MR) is 408 cm³/mol. The smallest absolute Gasteiger partial charge is 0.462 e. The number of aliphatic hydroxyl groups is 1. The number of carbonyl (C=O) groups excluding carboxylic acids is 4. The van der Waals surface area contributed by atoms with Crippen molar-refractivity contribution in [1.29, 1.82) is 0 Å². The van der Waals surface area contributed by atoms with E-state index < -0.39 is 97.5 Å². The average molecular weight is 1450 g/mol. The molecule has 0 aromatic carbocycles. The molecule has 17 nitrogen and oxygen atoms in total. The van der Waals surface area contributed by atoms with E-state index in [0.717, 1.165) is 180 Å². The number of unbranched alkanes of at least 4 members (excludes halogenated alkanes) is 29. The van der Waals surface area contributed by atoms with Crippen LogP contribution >= 0.6 is 15.6 Å². The Kier molecular flexibility index (Phi) is 69.9. The van der Waals surface area contributed by atoms with E-state index in [-0.39, 0.29) is 25.7 Å². The van der Waals surface area contributed by atoms with Gasteiger partial charge in [0.05, 0.1) is 26.4 Å². The van der Waals surface area contributed by atoms with Crippen molar-refractivity contribution in [1.82, 2.24) is 0 Å². The molecule has 0 radical (unpaired) electrons. The van der Waals surface area contributed by atoms with Crippen molar-refractivity contribution in [3.05, 3.63) is 109 Å². The first-order valence-corrected chi connectivity index (χ1v) is 42.1. The maximum Gasteiger partial charge on any atom is 0.472 e. The molecule has 0 aliphatic carbocycles. The maximum absolute atomic E-state index is 13.1. The predicted octanol–water partition coefficient (Wildman–Crippen LogP) is 22.6. The van der Waals surface area contributed by atoms with Gasteiger partial charge in [0, 0.05) is 25.7 Å². The quantitative estimate of drug-likeness (QED) is 0.0169. The van der Waals surface area contributed by atoms with E-state index in [1.807, 2.05) is 0 Å². The highest BCUT2D eigenvalue weighted by atomic mass is 31.2. The number of carbonyl (C=O) groups is 4. The zero-order valence-electron chi connectivity index (χ0n) is 62.8. The van der Waals surface area contributed by atoms with Crippen molar-refractivity contribution >= 4 is 39.5 Å². The number of hydrogen-bond acceptors (Lipinski definition) is 15. The lowest BCUT2D eigenvalue weighted by atomic mass is 10.1. The van der Waals surface area contributed by atoms with Gasteiger partial charge in [0.25, 0.3) is 0 Å². The lowest BCUT2D eigenvalue weighted by molar-refractivity contribution is -0.161. The fraction of sp³-hybridized carbons (Fsp3) is 0.728. The van der Waals surface area contributed by atoms with Gasteiger partial charge in [-0.25, -0.2) is 9.13 Å². The summed E-state index contributed by atoms with van der Waals surface area (Å²) in [6.45, 7) is 4.58. The minimum atomic E-state index is -4.99. The van der Waals surface area contributed by atoms with Crippen LogP contribution in [-0.4, -0.2) is 96.7 Å². The molecule has 0 saturated heterocycles. The first-order valence-electron chi connectivity index (χ1n) is 39.1. The minimum absolute atomic E-state index is 0.0680. The number of phosphoric acid groups is 2. The minimum Gasteiger partial charge on any atom is -0.462 e. The summed E-state index contributed by atoms with van der Waals surface area (Å²) in [6, 6.07) is 0. The molecule has 0 spiro atoms. The van der Waals surface area contributed by atoms with Gasteiger partial charge < -0.3 is 33.8 Å². The van der Waals surface area contributed by atoms with Crippen LogP contribution < -0.4 is 0 Å². The highest BCUT2D eigenvalue weighted by Gasteiger charge is 2.30. The van der Waals surface area contributed by atoms with Gasteiger partial charge in [0.2, 0.25) is 0 Å². The molecule has 0 heterocycles. The average Bonchev–Trinajstić information content (AvgIpc) is 1.06. The summed E-state index contributed by atoms with van der Waals surface area (Å²) >= 11 is 0. The fourth-order valence-corrected chi connectivity index (χ4v) is 11.9. The number of ether oxygens (including phenoxy) is 4. The summed E-state index contributed by atoms with van der Waals surface area (Å²) < 4.78 is 68.5. The van der Waals surface area contributed by atoms with E-state index in [1.165, 1.54) is 64.2 Å². The van der Waals surface area contributed by atoms with E-state index in [4.69, 9.17) is 37.0 Å². The Labute approximate surface area is 607 Å². The lowest BCUT2D eigenvalue weighted by Gasteiger charge is -2.21. The van der Waals surface area contributed by atoms with Gasteiger partial charge in [-0.2, -0.15) is 0 Å². The second-order valence-corrected chi connectivity index (χ2v) is 28.8. The summed E-state index contributed by atoms with van der Waals surface area (Å²) in [4.78, 5) is 72.9. The Morgan fingerprint density at radius 3 is 0.820 bits per heavy atom. The van der Waals surface area contributed by atoms with Gasteiger partial charge in [-0.15, -0.1) is 0 Å². The molecule has 576 valence electrons. The van der Waals surface area contributed by atoms with Gasteiger partial charge in [0.15, 0.2) is 12.2 Å². The van der Waals surface area contributed by atoms with Crippen molar-refractivity contribution in [2.24, 2.45) is 0 Å². The van der Waals surface area contributed by atoms with Crippen LogP contribution in [0.25, 0.3) is 0 Å². The Hall–Kier alpha value is -4.28. The summed E-state index contributed by atoms with van der Waals surface area (Å²) in [5, 5.41) is 10.6. The zero-order chi connectivity index (χ0) is 73.2. The topological polar surface area (TPSA) is 237 Å². The van der Waals surface area contributed by atoms with E-state index in [9.17, 15) is 43.2 Å². The molecule has 0 fully saturated rings. The Balaban J connectivity index is 5.39. The van der Waals surface area contributed by atoms with Crippen molar-refractivity contribution < 1.29 is 80.2 Å². The molecule has 0 aliphatic heterocycles. The first kappa shape index (κ1) is 95.7. The third-order valence-corrected chi connectivity index (χ3v) is 18.1. The van der Waals surface area contributed by atoms with Gasteiger partial charge in [-0.1, -0.05) is 259 Å². The maximum atomic E-state index is 13.1. The van der Waals surface area contributed by atoms with Crippen LogP contribution in [0.15, 0.2) is 109 Å². The van der Waals surface area contributed by atoms with Gasteiger partial charge in [-0.05, 0) is 148 Å². The monoisotopic (exact) mass is 1450 g/mol. The third-order valence-electron chi connectivity index (χ3n) is 16.2. The van der Waals surface area contributed by atoms with E-state index in [1.54, 1.807) is 0 Å². The van der Waals surface area contributed by atoms with E-state index in [2.05, 4.69) is 137 Å². The molecule has 0 bridgehead atoms. The number of phosphoric ester groups is 2. The summed E-state index contributed by atoms with van der Waals surface area (Å²) in [7, 11) is -9.97. The zero-order valence-corrected chi connectivity index (χ0v) is 64.6. The first-order chi connectivity index (χ1) is 48.7. The normalized spacial score (nSPS) is 14.5. The van der Waals surface area contributed by atoms with Crippen molar-refractivity contribution in [3.8, 4) is 0 Å². The van der Waals surface area contributed by atoms with Gasteiger partial charge >= 0.3 is 39.5 Å². The number of allylic oxidation sites excluding steroid dienone is 18. The van der Waals surface area contributed by atoms with Crippen LogP contribution in [0.5, 0.6) is 0 Å². The van der Waals surface area contributed by atoms with Crippen LogP contribution in [0.1, 0.15) is 323 Å². The number of esters is 4. The molecule has 5 unspecified atom stereocenters. The lowest BCUT2D eigenvalue weighted by Crippen LogP contribution is -2.30. The van der Waals surface area contributed by atoms with Crippen LogP contribution in [0.4, 0.5) is 0 Å².